The summed E-state index contributed by atoms with van der Waals surface area (Å²) in [6.45, 7) is 3.42. The monoisotopic (exact) mass is 245 g/mol. The van der Waals surface area contributed by atoms with E-state index in [-0.39, 0.29) is 0 Å². The fourth-order valence-corrected chi connectivity index (χ4v) is 2.76. The minimum Gasteiger partial charge on any atom is -0.334 e. The van der Waals surface area contributed by atoms with Gasteiger partial charge in [-0.05, 0) is 30.9 Å². The van der Waals surface area contributed by atoms with Gasteiger partial charge in [0.2, 0.25) is 0 Å². The van der Waals surface area contributed by atoms with Crippen molar-refractivity contribution < 1.29 is 0 Å². The quantitative estimate of drug-likeness (QED) is 0.814. The zero-order valence-electron chi connectivity index (χ0n) is 9.84. The van der Waals surface area contributed by atoms with Crippen molar-refractivity contribution in [1.29, 1.82) is 0 Å². The van der Waals surface area contributed by atoms with Crippen molar-refractivity contribution in [2.24, 2.45) is 5.92 Å². The highest BCUT2D eigenvalue weighted by atomic mass is 32.1. The van der Waals surface area contributed by atoms with Crippen molar-refractivity contribution in [3.63, 3.8) is 0 Å². The van der Waals surface area contributed by atoms with Gasteiger partial charge in [0, 0.05) is 17.6 Å². The summed E-state index contributed by atoms with van der Waals surface area (Å²) in [7, 11) is 0. The van der Waals surface area contributed by atoms with Gasteiger partial charge in [0.15, 0.2) is 0 Å². The molecule has 3 rings (SSSR count). The van der Waals surface area contributed by atoms with Crippen LogP contribution >= 0.6 is 11.3 Å². The number of thiazole rings is 1. The van der Waals surface area contributed by atoms with Gasteiger partial charge in [-0.3, -0.25) is 0 Å². The van der Waals surface area contributed by atoms with Crippen LogP contribution in [0.3, 0.4) is 0 Å². The highest BCUT2D eigenvalue weighted by Crippen LogP contribution is 2.23. The molecule has 17 heavy (non-hydrogen) atoms. The summed E-state index contributed by atoms with van der Waals surface area (Å²) in [5.41, 5.74) is 5.34. The largest absolute Gasteiger partial charge is 0.334 e. The molecule has 0 spiro atoms. The smallest absolute Gasteiger partial charge is 0.0955 e. The van der Waals surface area contributed by atoms with Gasteiger partial charge in [-0.25, -0.2) is 9.97 Å². The van der Waals surface area contributed by atoms with E-state index in [4.69, 9.17) is 0 Å². The van der Waals surface area contributed by atoms with Gasteiger partial charge in [0.1, 0.15) is 0 Å². The summed E-state index contributed by atoms with van der Waals surface area (Å²) < 4.78 is 2.28. The Balaban J connectivity index is 1.87. The maximum Gasteiger partial charge on any atom is 0.0955 e. The molecule has 0 N–H and O–H groups in total. The van der Waals surface area contributed by atoms with Gasteiger partial charge < -0.3 is 4.57 Å². The van der Waals surface area contributed by atoms with Crippen LogP contribution in [0.5, 0.6) is 0 Å². The van der Waals surface area contributed by atoms with Gasteiger partial charge in [-0.1, -0.05) is 6.92 Å². The Kier molecular flexibility index (Phi) is 2.81. The fraction of sp³-hybridized carbons (Fsp3) is 0.385. The first kappa shape index (κ1) is 10.7. The lowest BCUT2D eigenvalue weighted by atomic mass is 9.97. The molecule has 0 radical (unpaired) electrons. The lowest BCUT2D eigenvalue weighted by Crippen LogP contribution is -2.16. The minimum absolute atomic E-state index is 0.769. The molecule has 0 bridgehead atoms. The number of imidazole rings is 1. The molecule has 0 fully saturated rings. The molecule has 3 nitrogen and oxygen atoms in total. The van der Waals surface area contributed by atoms with E-state index in [9.17, 15) is 0 Å². The van der Waals surface area contributed by atoms with Gasteiger partial charge >= 0.3 is 0 Å². The third-order valence-electron chi connectivity index (χ3n) is 3.25. The van der Waals surface area contributed by atoms with E-state index in [1.54, 1.807) is 11.3 Å². The minimum atomic E-state index is 0.769. The molecule has 0 saturated carbocycles. The number of hydrogen-bond donors (Lipinski definition) is 0. The van der Waals surface area contributed by atoms with Crippen molar-refractivity contribution in [2.45, 2.75) is 26.3 Å². The molecule has 1 aliphatic rings. The molecular formula is C13H15N3S. The second-order valence-corrected chi connectivity index (χ2v) is 5.33. The number of rotatable bonds is 2. The molecule has 2 aromatic rings. The van der Waals surface area contributed by atoms with E-state index in [1.807, 2.05) is 23.3 Å². The topological polar surface area (TPSA) is 30.7 Å². The van der Waals surface area contributed by atoms with Crippen molar-refractivity contribution in [1.82, 2.24) is 14.5 Å². The average molecular weight is 245 g/mol. The van der Waals surface area contributed by atoms with Gasteiger partial charge in [0.25, 0.3) is 0 Å². The summed E-state index contributed by atoms with van der Waals surface area (Å²) in [4.78, 5) is 8.72. The molecule has 88 valence electrons. The summed E-state index contributed by atoms with van der Waals surface area (Å²) in [5.74, 6) is 0.769. The highest BCUT2D eigenvalue weighted by molar-refractivity contribution is 7.07. The van der Waals surface area contributed by atoms with E-state index in [1.165, 1.54) is 12.1 Å². The van der Waals surface area contributed by atoms with Crippen LogP contribution in [0.25, 0.3) is 12.2 Å². The van der Waals surface area contributed by atoms with Gasteiger partial charge in [0.05, 0.1) is 23.2 Å². The van der Waals surface area contributed by atoms with Crippen LogP contribution in [0, 0.1) is 5.92 Å². The summed E-state index contributed by atoms with van der Waals surface area (Å²) in [5, 5.41) is 2.04. The van der Waals surface area contributed by atoms with Gasteiger partial charge in [-0.2, -0.15) is 0 Å². The van der Waals surface area contributed by atoms with Crippen LogP contribution in [-0.2, 0) is 13.0 Å². The molecule has 0 aromatic carbocycles. The van der Waals surface area contributed by atoms with Crippen molar-refractivity contribution in [2.75, 3.05) is 0 Å². The molecule has 3 heterocycles. The zero-order chi connectivity index (χ0) is 11.7. The normalized spacial score (nSPS) is 19.7. The Morgan fingerprint density at radius 1 is 1.41 bits per heavy atom. The predicted molar refractivity (Wildman–Crippen MR) is 70.8 cm³/mol. The molecule has 0 saturated heterocycles. The van der Waals surface area contributed by atoms with Crippen LogP contribution in [0.1, 0.15) is 30.4 Å². The molecule has 1 aliphatic heterocycles. The third-order valence-corrected chi connectivity index (χ3v) is 3.85. The summed E-state index contributed by atoms with van der Waals surface area (Å²) in [6.07, 6.45) is 8.48. The molecule has 1 atom stereocenters. The third kappa shape index (κ3) is 2.17. The SMILES string of the molecule is CC1CCn2cnc(/C=C/c3cscn3)c2C1. The predicted octanol–water partition coefficient (Wildman–Crippen LogP) is 3.09. The average Bonchev–Trinajstić information content (AvgIpc) is 2.94. The number of aryl methyl sites for hydroxylation is 1. The van der Waals surface area contributed by atoms with E-state index in [0.29, 0.717) is 0 Å². The van der Waals surface area contributed by atoms with E-state index in [2.05, 4.69) is 27.5 Å². The Hall–Kier alpha value is -1.42. The standard InChI is InChI=1S/C13H15N3S/c1-10-4-5-16-8-14-12(13(16)6-10)3-2-11-7-17-9-15-11/h2-3,7-10H,4-6H2,1H3/b3-2+. The molecule has 4 heteroatoms. The maximum atomic E-state index is 4.48. The van der Waals surface area contributed by atoms with E-state index >= 15 is 0 Å². The van der Waals surface area contributed by atoms with Crippen molar-refractivity contribution in [3.8, 4) is 0 Å². The van der Waals surface area contributed by atoms with E-state index < -0.39 is 0 Å². The second kappa shape index (κ2) is 4.45. The lowest BCUT2D eigenvalue weighted by Gasteiger charge is -2.20. The molecule has 0 aliphatic carbocycles. The summed E-state index contributed by atoms with van der Waals surface area (Å²) >= 11 is 1.62. The maximum absolute atomic E-state index is 4.48. The Labute approximate surface area is 105 Å². The number of hydrogen-bond acceptors (Lipinski definition) is 3. The van der Waals surface area contributed by atoms with Gasteiger partial charge in [-0.15, -0.1) is 11.3 Å². The highest BCUT2D eigenvalue weighted by Gasteiger charge is 2.17. The van der Waals surface area contributed by atoms with Crippen LogP contribution in [0.2, 0.25) is 0 Å². The Bertz CT molecular complexity index is 525. The number of fused-ring (bicyclic) bond motifs is 1. The Morgan fingerprint density at radius 2 is 2.35 bits per heavy atom. The summed E-state index contributed by atoms with van der Waals surface area (Å²) in [6, 6.07) is 0. The van der Waals surface area contributed by atoms with Crippen molar-refractivity contribution in [3.05, 3.63) is 34.3 Å². The molecule has 0 amide bonds. The fourth-order valence-electron chi connectivity index (χ4n) is 2.24. The first-order valence-corrected chi connectivity index (χ1v) is 6.87. The van der Waals surface area contributed by atoms with Crippen LogP contribution in [0.4, 0.5) is 0 Å². The first-order valence-electron chi connectivity index (χ1n) is 5.93. The number of nitrogens with zero attached hydrogens (tertiary/aromatic N) is 3. The lowest BCUT2D eigenvalue weighted by molar-refractivity contribution is 0.416. The Morgan fingerprint density at radius 3 is 3.18 bits per heavy atom. The molecule has 2 aromatic heterocycles. The van der Waals surface area contributed by atoms with Crippen LogP contribution in [-0.4, -0.2) is 14.5 Å². The van der Waals surface area contributed by atoms with E-state index in [0.717, 1.165) is 30.3 Å². The molecule has 1 unspecified atom stereocenters. The zero-order valence-corrected chi connectivity index (χ0v) is 10.7. The first-order chi connectivity index (χ1) is 8.33. The van der Waals surface area contributed by atoms with Crippen LogP contribution in [0.15, 0.2) is 17.2 Å². The molecular weight excluding hydrogens is 230 g/mol. The van der Waals surface area contributed by atoms with Crippen molar-refractivity contribution >= 4 is 23.5 Å². The second-order valence-electron chi connectivity index (χ2n) is 4.61. The van der Waals surface area contributed by atoms with Crippen LogP contribution < -0.4 is 0 Å². The number of aromatic nitrogens is 3.